The van der Waals surface area contributed by atoms with Gasteiger partial charge >= 0.3 is 0 Å². The number of para-hydroxylation sites is 1. The number of rotatable bonds is 2. The van der Waals surface area contributed by atoms with Crippen LogP contribution in [-0.4, -0.2) is 16.7 Å². The maximum Gasteiger partial charge on any atom is 0.178 e. The van der Waals surface area contributed by atoms with E-state index in [1.807, 2.05) is 12.1 Å². The Hall–Kier alpha value is -1.29. The Morgan fingerprint density at radius 3 is 2.78 bits per heavy atom. The van der Waals surface area contributed by atoms with Crippen LogP contribution in [0.1, 0.15) is 38.1 Å². The van der Waals surface area contributed by atoms with Gasteiger partial charge in [-0.3, -0.25) is 0 Å². The smallest absolute Gasteiger partial charge is 0.178 e. The van der Waals surface area contributed by atoms with Crippen LogP contribution in [0.2, 0.25) is 0 Å². The van der Waals surface area contributed by atoms with E-state index in [1.165, 1.54) is 37.6 Å². The molecule has 0 saturated heterocycles. The van der Waals surface area contributed by atoms with E-state index in [9.17, 15) is 0 Å². The first-order chi connectivity index (χ1) is 8.81. The highest BCUT2D eigenvalue weighted by atomic mass is 32.1. The van der Waals surface area contributed by atoms with E-state index in [-0.39, 0.29) is 0 Å². The third kappa shape index (κ3) is 1.85. The Kier molecular flexibility index (Phi) is 3.12. The molecule has 1 N–H and O–H groups in total. The van der Waals surface area contributed by atoms with E-state index in [0.29, 0.717) is 6.04 Å². The van der Waals surface area contributed by atoms with Crippen LogP contribution in [-0.2, 0) is 0 Å². The van der Waals surface area contributed by atoms with Crippen LogP contribution in [0.25, 0.3) is 11.0 Å². The second-order valence-corrected chi connectivity index (χ2v) is 5.33. The Balaban J connectivity index is 2.16. The van der Waals surface area contributed by atoms with Gasteiger partial charge in [-0.25, -0.2) is 0 Å². The van der Waals surface area contributed by atoms with E-state index < -0.39 is 0 Å². The van der Waals surface area contributed by atoms with Crippen LogP contribution < -0.4 is 4.74 Å². The van der Waals surface area contributed by atoms with Crippen LogP contribution in [0.3, 0.4) is 0 Å². The van der Waals surface area contributed by atoms with Gasteiger partial charge < -0.3 is 14.3 Å². The van der Waals surface area contributed by atoms with Crippen LogP contribution in [0.15, 0.2) is 18.2 Å². The predicted molar refractivity (Wildman–Crippen MR) is 75.8 cm³/mol. The quantitative estimate of drug-likeness (QED) is 0.821. The lowest BCUT2D eigenvalue weighted by Crippen LogP contribution is -2.12. The summed E-state index contributed by atoms with van der Waals surface area (Å²) < 4.78 is 8.50. The number of imidazole rings is 1. The fraction of sp³-hybridized carbons (Fsp3) is 0.500. The molecule has 1 aromatic carbocycles. The number of fused-ring (bicyclic) bond motifs is 1. The van der Waals surface area contributed by atoms with Crippen molar-refractivity contribution in [3.63, 3.8) is 0 Å². The molecule has 0 unspecified atom stereocenters. The number of methoxy groups -OCH3 is 1. The Morgan fingerprint density at radius 1 is 1.28 bits per heavy atom. The second kappa shape index (κ2) is 4.76. The maximum atomic E-state index is 5.49. The van der Waals surface area contributed by atoms with Crippen molar-refractivity contribution in [2.75, 3.05) is 7.11 Å². The molecule has 1 fully saturated rings. The van der Waals surface area contributed by atoms with Crippen molar-refractivity contribution in [2.24, 2.45) is 0 Å². The molecular formula is C14H18N2OS. The molecule has 1 aliphatic rings. The number of aromatic amines is 1. The summed E-state index contributed by atoms with van der Waals surface area (Å²) >= 11 is 5.49. The summed E-state index contributed by atoms with van der Waals surface area (Å²) in [4.78, 5) is 3.30. The molecule has 3 nitrogen and oxygen atoms in total. The van der Waals surface area contributed by atoms with Crippen molar-refractivity contribution in [3.05, 3.63) is 23.0 Å². The highest BCUT2D eigenvalue weighted by molar-refractivity contribution is 7.71. The second-order valence-electron chi connectivity index (χ2n) is 4.95. The molecule has 1 aliphatic carbocycles. The number of aromatic nitrogens is 2. The lowest BCUT2D eigenvalue weighted by molar-refractivity contribution is 0.357. The van der Waals surface area contributed by atoms with Crippen molar-refractivity contribution in [2.45, 2.75) is 38.1 Å². The molecule has 1 saturated carbocycles. The van der Waals surface area contributed by atoms with Gasteiger partial charge in [-0.1, -0.05) is 25.3 Å². The fourth-order valence-corrected chi connectivity index (χ4v) is 3.34. The minimum Gasteiger partial charge on any atom is -0.494 e. The number of nitrogens with one attached hydrogen (secondary N) is 1. The number of hydrogen-bond acceptors (Lipinski definition) is 2. The number of ether oxygens (including phenoxy) is 1. The van der Waals surface area contributed by atoms with Crippen LogP contribution in [0, 0.1) is 4.77 Å². The third-order valence-electron chi connectivity index (χ3n) is 3.87. The van der Waals surface area contributed by atoms with Crippen molar-refractivity contribution in [3.8, 4) is 5.75 Å². The summed E-state index contributed by atoms with van der Waals surface area (Å²) in [6.45, 7) is 0. The first-order valence-corrected chi connectivity index (χ1v) is 6.99. The average Bonchev–Trinajstić information content (AvgIpc) is 2.75. The number of nitrogens with zero attached hydrogens (tertiary/aromatic N) is 1. The fourth-order valence-electron chi connectivity index (χ4n) is 2.99. The minimum absolute atomic E-state index is 0.548. The zero-order valence-corrected chi connectivity index (χ0v) is 11.4. The SMILES string of the molecule is COc1cccc2c1[nH]c(=S)n2C1CCCCC1. The normalized spacial score (nSPS) is 17.2. The van der Waals surface area contributed by atoms with Gasteiger partial charge in [0, 0.05) is 6.04 Å². The Morgan fingerprint density at radius 2 is 2.06 bits per heavy atom. The lowest BCUT2D eigenvalue weighted by atomic mass is 9.95. The van der Waals surface area contributed by atoms with Crippen LogP contribution in [0.4, 0.5) is 0 Å². The van der Waals surface area contributed by atoms with Gasteiger partial charge in [0.1, 0.15) is 11.3 Å². The van der Waals surface area contributed by atoms with E-state index in [0.717, 1.165) is 16.0 Å². The van der Waals surface area contributed by atoms with E-state index in [4.69, 9.17) is 17.0 Å². The monoisotopic (exact) mass is 262 g/mol. The number of hydrogen-bond donors (Lipinski definition) is 1. The highest BCUT2D eigenvalue weighted by Gasteiger charge is 2.19. The molecule has 0 amide bonds. The topological polar surface area (TPSA) is 29.9 Å². The van der Waals surface area contributed by atoms with Gasteiger partial charge in [0.05, 0.1) is 12.6 Å². The third-order valence-corrected chi connectivity index (χ3v) is 4.17. The van der Waals surface area contributed by atoms with Gasteiger partial charge in [0.15, 0.2) is 4.77 Å². The molecule has 0 aliphatic heterocycles. The van der Waals surface area contributed by atoms with Gasteiger partial charge in [-0.2, -0.15) is 0 Å². The molecule has 18 heavy (non-hydrogen) atoms. The predicted octanol–water partition coefficient (Wildman–Crippen LogP) is 4.21. The summed E-state index contributed by atoms with van der Waals surface area (Å²) in [7, 11) is 1.70. The molecule has 3 rings (SSSR count). The van der Waals surface area contributed by atoms with Gasteiger partial charge in [-0.15, -0.1) is 0 Å². The number of benzene rings is 1. The summed E-state index contributed by atoms with van der Waals surface area (Å²) in [5.41, 5.74) is 2.20. The van der Waals surface area contributed by atoms with Crippen molar-refractivity contribution < 1.29 is 4.74 Å². The summed E-state index contributed by atoms with van der Waals surface area (Å²) in [6.07, 6.45) is 6.44. The van der Waals surface area contributed by atoms with E-state index in [1.54, 1.807) is 7.11 Å². The van der Waals surface area contributed by atoms with Gasteiger partial charge in [0.25, 0.3) is 0 Å². The minimum atomic E-state index is 0.548. The zero-order chi connectivity index (χ0) is 12.5. The van der Waals surface area contributed by atoms with Crippen molar-refractivity contribution in [1.29, 1.82) is 0 Å². The largest absolute Gasteiger partial charge is 0.494 e. The lowest BCUT2D eigenvalue weighted by Gasteiger charge is -2.23. The Labute approximate surface area is 112 Å². The van der Waals surface area contributed by atoms with E-state index in [2.05, 4.69) is 15.6 Å². The van der Waals surface area contributed by atoms with Crippen LogP contribution >= 0.6 is 12.2 Å². The summed E-state index contributed by atoms with van der Waals surface area (Å²) in [5, 5.41) is 0. The molecule has 1 heterocycles. The molecule has 2 aromatic rings. The maximum absolute atomic E-state index is 5.49. The molecule has 0 bridgehead atoms. The first-order valence-electron chi connectivity index (χ1n) is 6.58. The molecule has 0 spiro atoms. The zero-order valence-electron chi connectivity index (χ0n) is 10.6. The van der Waals surface area contributed by atoms with Gasteiger partial charge in [-0.05, 0) is 37.2 Å². The molecular weight excluding hydrogens is 244 g/mol. The number of H-pyrrole nitrogens is 1. The molecule has 4 heteroatoms. The van der Waals surface area contributed by atoms with Gasteiger partial charge in [0.2, 0.25) is 0 Å². The molecule has 96 valence electrons. The van der Waals surface area contributed by atoms with Crippen LogP contribution in [0.5, 0.6) is 5.75 Å². The van der Waals surface area contributed by atoms with Crippen molar-refractivity contribution >= 4 is 23.3 Å². The van der Waals surface area contributed by atoms with Crippen molar-refractivity contribution in [1.82, 2.24) is 9.55 Å². The average molecular weight is 262 g/mol. The first kappa shape index (κ1) is 11.8. The molecule has 0 atom stereocenters. The highest BCUT2D eigenvalue weighted by Crippen LogP contribution is 2.33. The van der Waals surface area contributed by atoms with E-state index >= 15 is 0 Å². The Bertz CT molecular complexity index is 608. The molecule has 1 aromatic heterocycles. The summed E-state index contributed by atoms with van der Waals surface area (Å²) in [6, 6.07) is 6.67. The standard InChI is InChI=1S/C14H18N2OS/c1-17-12-9-5-8-11-13(12)15-14(18)16(11)10-6-3-2-4-7-10/h5,8-10H,2-4,6-7H2,1H3,(H,15,18). The summed E-state index contributed by atoms with van der Waals surface area (Å²) in [5.74, 6) is 0.869. The molecule has 0 radical (unpaired) electrons.